The Kier molecular flexibility index (Phi) is 5.35. The molecule has 0 aliphatic rings. The van der Waals surface area contributed by atoms with Crippen LogP contribution in [0.3, 0.4) is 0 Å². The first-order valence-electron chi connectivity index (χ1n) is 7.73. The van der Waals surface area contributed by atoms with Crippen LogP contribution >= 0.6 is 11.3 Å². The number of aliphatic hydroxyl groups is 1. The van der Waals surface area contributed by atoms with Crippen molar-refractivity contribution < 1.29 is 19.5 Å². The summed E-state index contributed by atoms with van der Waals surface area (Å²) in [5.41, 5.74) is 1.27. The molecule has 3 rings (SSSR count). The van der Waals surface area contributed by atoms with Crippen LogP contribution in [0.1, 0.15) is 9.67 Å². The summed E-state index contributed by atoms with van der Waals surface area (Å²) in [5, 5.41) is 16.8. The number of benzene rings is 1. The molecule has 1 atom stereocenters. The van der Waals surface area contributed by atoms with E-state index in [0.717, 1.165) is 22.2 Å². The Hall–Kier alpha value is -3.10. The van der Waals surface area contributed by atoms with E-state index in [1.54, 1.807) is 41.9 Å². The second kappa shape index (κ2) is 7.85. The summed E-state index contributed by atoms with van der Waals surface area (Å²) in [6.07, 6.45) is 1.67. The number of pyridine rings is 1. The van der Waals surface area contributed by atoms with Crippen LogP contribution in [0.5, 0.6) is 0 Å². The Bertz CT molecular complexity index is 956. The van der Waals surface area contributed by atoms with E-state index < -0.39 is 30.2 Å². The van der Waals surface area contributed by atoms with Gasteiger partial charge in [0.05, 0.1) is 17.0 Å². The smallest absolute Gasteiger partial charge is 0.293 e. The second-order valence-corrected chi connectivity index (χ2v) is 6.36. The van der Waals surface area contributed by atoms with E-state index in [4.69, 9.17) is 0 Å². The van der Waals surface area contributed by atoms with Gasteiger partial charge in [0, 0.05) is 17.3 Å². The van der Waals surface area contributed by atoms with Gasteiger partial charge in [-0.25, -0.2) is 0 Å². The number of carbonyl (C=O) groups is 3. The summed E-state index contributed by atoms with van der Waals surface area (Å²) in [6, 6.07) is 10.7. The number of nitrogens with one attached hydrogen (secondary N) is 2. The lowest BCUT2D eigenvalue weighted by Gasteiger charge is -2.15. The monoisotopic (exact) mass is 369 g/mol. The quantitative estimate of drug-likeness (QED) is 0.452. The number of rotatable bonds is 6. The molecule has 0 aliphatic carbocycles. The number of ketones is 1. The van der Waals surface area contributed by atoms with Gasteiger partial charge in [0.2, 0.25) is 5.91 Å². The van der Waals surface area contributed by atoms with E-state index in [-0.39, 0.29) is 4.88 Å². The molecule has 0 radical (unpaired) electrons. The molecule has 0 aliphatic heterocycles. The molecule has 0 saturated heterocycles. The minimum Gasteiger partial charge on any atom is -0.394 e. The zero-order chi connectivity index (χ0) is 18.5. The van der Waals surface area contributed by atoms with Crippen LogP contribution in [0.2, 0.25) is 0 Å². The van der Waals surface area contributed by atoms with Crippen molar-refractivity contribution >= 4 is 45.5 Å². The number of nitrogens with zero attached hydrogens (tertiary/aromatic N) is 1. The van der Waals surface area contributed by atoms with Gasteiger partial charge in [0.25, 0.3) is 11.7 Å². The van der Waals surface area contributed by atoms with E-state index >= 15 is 0 Å². The lowest BCUT2D eigenvalue weighted by molar-refractivity contribution is -0.124. The predicted octanol–water partition coefficient (Wildman–Crippen LogP) is 1.59. The van der Waals surface area contributed by atoms with E-state index in [1.165, 1.54) is 6.07 Å². The van der Waals surface area contributed by atoms with Gasteiger partial charge < -0.3 is 15.7 Å². The van der Waals surface area contributed by atoms with Crippen LogP contribution in [-0.4, -0.2) is 40.3 Å². The van der Waals surface area contributed by atoms with Crippen LogP contribution < -0.4 is 10.6 Å². The van der Waals surface area contributed by atoms with Gasteiger partial charge in [0.1, 0.15) is 6.04 Å². The van der Waals surface area contributed by atoms with Crippen molar-refractivity contribution in [3.8, 4) is 0 Å². The van der Waals surface area contributed by atoms with Crippen molar-refractivity contribution in [3.63, 3.8) is 0 Å². The maximum absolute atomic E-state index is 12.3. The van der Waals surface area contributed by atoms with E-state index in [0.29, 0.717) is 5.69 Å². The van der Waals surface area contributed by atoms with Crippen LogP contribution in [0.4, 0.5) is 5.69 Å². The standard InChI is InChI=1S/C18H15N3O4S/c22-10-14(21-18(25)16(23)15-4-2-8-26-15)17(24)20-12-5-6-13-11(9-12)3-1-7-19-13/h1-9,14,22H,10H2,(H,20,24)(H,21,25). The van der Waals surface area contributed by atoms with Crippen LogP contribution in [0.25, 0.3) is 10.9 Å². The molecule has 0 fully saturated rings. The number of fused-ring (bicyclic) bond motifs is 1. The summed E-state index contributed by atoms with van der Waals surface area (Å²) in [7, 11) is 0. The number of hydrogen-bond donors (Lipinski definition) is 3. The zero-order valence-electron chi connectivity index (χ0n) is 13.5. The van der Waals surface area contributed by atoms with Gasteiger partial charge in [-0.3, -0.25) is 19.4 Å². The lowest BCUT2D eigenvalue weighted by Crippen LogP contribution is -2.48. The Morgan fingerprint density at radius 1 is 1.15 bits per heavy atom. The molecule has 0 saturated carbocycles. The maximum atomic E-state index is 12.3. The van der Waals surface area contributed by atoms with E-state index in [2.05, 4.69) is 15.6 Å². The molecule has 132 valence electrons. The normalized spacial score (nSPS) is 11.7. The minimum absolute atomic E-state index is 0.265. The largest absolute Gasteiger partial charge is 0.394 e. The van der Waals surface area contributed by atoms with Crippen molar-refractivity contribution in [2.24, 2.45) is 0 Å². The highest BCUT2D eigenvalue weighted by molar-refractivity contribution is 7.13. The third-order valence-electron chi connectivity index (χ3n) is 3.63. The van der Waals surface area contributed by atoms with Crippen LogP contribution in [0.15, 0.2) is 54.0 Å². The summed E-state index contributed by atoms with van der Waals surface area (Å²) in [4.78, 5) is 40.7. The van der Waals surface area contributed by atoms with Gasteiger partial charge in [-0.2, -0.15) is 0 Å². The first-order valence-corrected chi connectivity index (χ1v) is 8.61. The molecule has 26 heavy (non-hydrogen) atoms. The van der Waals surface area contributed by atoms with Crippen LogP contribution in [-0.2, 0) is 9.59 Å². The fourth-order valence-electron chi connectivity index (χ4n) is 2.32. The first-order chi connectivity index (χ1) is 12.6. The number of Topliss-reactive ketones (excluding diaryl/α,β-unsaturated/α-hetero) is 1. The van der Waals surface area contributed by atoms with Gasteiger partial charge in [-0.05, 0) is 35.7 Å². The number of amides is 2. The Labute approximate surface area is 152 Å². The summed E-state index contributed by atoms with van der Waals surface area (Å²) >= 11 is 1.13. The second-order valence-electron chi connectivity index (χ2n) is 5.42. The van der Waals surface area contributed by atoms with E-state index in [9.17, 15) is 19.5 Å². The van der Waals surface area contributed by atoms with Crippen molar-refractivity contribution in [1.29, 1.82) is 0 Å². The molecule has 1 unspecified atom stereocenters. The number of anilines is 1. The highest BCUT2D eigenvalue weighted by atomic mass is 32.1. The first kappa shape index (κ1) is 17.7. The number of carbonyl (C=O) groups excluding carboxylic acids is 3. The number of hydrogen-bond acceptors (Lipinski definition) is 6. The van der Waals surface area contributed by atoms with Gasteiger partial charge in [-0.1, -0.05) is 12.1 Å². The number of aliphatic hydroxyl groups excluding tert-OH is 1. The Morgan fingerprint density at radius 2 is 2.00 bits per heavy atom. The molecule has 2 amide bonds. The lowest BCUT2D eigenvalue weighted by atomic mass is 10.2. The van der Waals surface area contributed by atoms with Crippen molar-refractivity contribution in [1.82, 2.24) is 10.3 Å². The van der Waals surface area contributed by atoms with Crippen molar-refractivity contribution in [2.45, 2.75) is 6.04 Å². The van der Waals surface area contributed by atoms with Crippen LogP contribution in [0, 0.1) is 0 Å². The molecule has 3 N–H and O–H groups in total. The zero-order valence-corrected chi connectivity index (χ0v) is 14.3. The third kappa shape index (κ3) is 3.93. The maximum Gasteiger partial charge on any atom is 0.293 e. The molecule has 2 heterocycles. The molecule has 0 spiro atoms. The highest BCUT2D eigenvalue weighted by Crippen LogP contribution is 2.17. The summed E-state index contributed by atoms with van der Waals surface area (Å²) < 4.78 is 0. The molecule has 1 aromatic carbocycles. The Morgan fingerprint density at radius 3 is 2.73 bits per heavy atom. The molecular weight excluding hydrogens is 354 g/mol. The Balaban J connectivity index is 1.67. The number of aromatic nitrogens is 1. The molecule has 3 aromatic rings. The number of thiophene rings is 1. The van der Waals surface area contributed by atoms with Gasteiger partial charge >= 0.3 is 0 Å². The van der Waals surface area contributed by atoms with Gasteiger partial charge in [0.15, 0.2) is 0 Å². The minimum atomic E-state index is -1.24. The highest BCUT2D eigenvalue weighted by Gasteiger charge is 2.25. The molecule has 2 aromatic heterocycles. The molecule has 0 bridgehead atoms. The summed E-state index contributed by atoms with van der Waals surface area (Å²) in [6.45, 7) is -0.634. The SMILES string of the molecule is O=C(NC(CO)C(=O)Nc1ccc2ncccc2c1)C(=O)c1cccs1. The molecular formula is C18H15N3O4S. The third-order valence-corrected chi connectivity index (χ3v) is 4.49. The van der Waals surface area contributed by atoms with E-state index in [1.807, 2.05) is 6.07 Å². The molecule has 8 heteroatoms. The fraction of sp³-hybridized carbons (Fsp3) is 0.111. The average molecular weight is 369 g/mol. The average Bonchev–Trinajstić information content (AvgIpc) is 3.19. The fourth-order valence-corrected chi connectivity index (χ4v) is 2.98. The summed E-state index contributed by atoms with van der Waals surface area (Å²) in [5.74, 6) is -2.31. The predicted molar refractivity (Wildman–Crippen MR) is 98.0 cm³/mol. The molecule has 7 nitrogen and oxygen atoms in total. The van der Waals surface area contributed by atoms with Gasteiger partial charge in [-0.15, -0.1) is 11.3 Å². The topological polar surface area (TPSA) is 108 Å². The van der Waals surface area contributed by atoms with Crippen molar-refractivity contribution in [2.75, 3.05) is 11.9 Å². The van der Waals surface area contributed by atoms with Crippen molar-refractivity contribution in [3.05, 3.63) is 58.9 Å².